The third-order valence-electron chi connectivity index (χ3n) is 5.27. The average molecular weight is 406 g/mol. The highest BCUT2D eigenvalue weighted by molar-refractivity contribution is 6.36. The van der Waals surface area contributed by atoms with E-state index in [2.05, 4.69) is 4.98 Å². The van der Waals surface area contributed by atoms with E-state index in [0.717, 1.165) is 16.2 Å². The van der Waals surface area contributed by atoms with Crippen LogP contribution in [0.5, 0.6) is 0 Å². The molecule has 0 N–H and O–H groups in total. The molecule has 3 aromatic rings. The SMILES string of the molecule is O=C1[C@@H]2[C@@H](ON(c3ccccc3)[C@H]2c2ccncc2)C(=O)N1c1ccccc1Cl. The van der Waals surface area contributed by atoms with Gasteiger partial charge in [-0.05, 0) is 42.0 Å². The van der Waals surface area contributed by atoms with Crippen LogP contribution >= 0.6 is 11.6 Å². The number of halogens is 1. The van der Waals surface area contributed by atoms with Crippen molar-refractivity contribution < 1.29 is 14.4 Å². The van der Waals surface area contributed by atoms with E-state index in [0.29, 0.717) is 10.7 Å². The summed E-state index contributed by atoms with van der Waals surface area (Å²) < 4.78 is 0. The van der Waals surface area contributed by atoms with E-state index in [-0.39, 0.29) is 5.91 Å². The molecule has 0 bridgehead atoms. The van der Waals surface area contributed by atoms with E-state index in [4.69, 9.17) is 16.4 Å². The molecule has 0 radical (unpaired) electrons. The van der Waals surface area contributed by atoms with Crippen LogP contribution in [-0.2, 0) is 14.4 Å². The molecule has 0 unspecified atom stereocenters. The van der Waals surface area contributed by atoms with E-state index in [1.54, 1.807) is 41.7 Å². The number of hydrogen-bond acceptors (Lipinski definition) is 5. The molecule has 0 saturated carbocycles. The monoisotopic (exact) mass is 405 g/mol. The number of fused-ring (bicyclic) bond motifs is 1. The molecule has 144 valence electrons. The number of para-hydroxylation sites is 2. The van der Waals surface area contributed by atoms with E-state index < -0.39 is 24.0 Å². The van der Waals surface area contributed by atoms with Gasteiger partial charge in [-0.25, -0.2) is 9.96 Å². The number of carbonyl (C=O) groups excluding carboxylic acids is 2. The summed E-state index contributed by atoms with van der Waals surface area (Å²) in [6.45, 7) is 0. The summed E-state index contributed by atoms with van der Waals surface area (Å²) in [6, 6.07) is 19.5. The first-order chi connectivity index (χ1) is 14.2. The van der Waals surface area contributed by atoms with Gasteiger partial charge in [-0.15, -0.1) is 0 Å². The van der Waals surface area contributed by atoms with Gasteiger partial charge in [-0.3, -0.25) is 19.4 Å². The van der Waals surface area contributed by atoms with E-state index in [9.17, 15) is 9.59 Å². The predicted octanol–water partition coefficient (Wildman–Crippen LogP) is 3.79. The molecule has 1 aromatic heterocycles. The van der Waals surface area contributed by atoms with Crippen molar-refractivity contribution in [3.8, 4) is 0 Å². The lowest BCUT2D eigenvalue weighted by molar-refractivity contribution is -0.126. The van der Waals surface area contributed by atoms with Crippen LogP contribution in [0.15, 0.2) is 79.1 Å². The first-order valence-corrected chi connectivity index (χ1v) is 9.58. The number of anilines is 2. The van der Waals surface area contributed by atoms with Crippen LogP contribution in [0, 0.1) is 5.92 Å². The summed E-state index contributed by atoms with van der Waals surface area (Å²) in [6.07, 6.45) is 2.41. The molecule has 2 aliphatic heterocycles. The zero-order valence-electron chi connectivity index (χ0n) is 15.2. The van der Waals surface area contributed by atoms with E-state index in [1.165, 1.54) is 0 Å². The summed E-state index contributed by atoms with van der Waals surface area (Å²) in [4.78, 5) is 37.9. The van der Waals surface area contributed by atoms with Crippen LogP contribution in [0.4, 0.5) is 11.4 Å². The van der Waals surface area contributed by atoms with Crippen LogP contribution in [-0.4, -0.2) is 22.9 Å². The number of rotatable bonds is 3. The quantitative estimate of drug-likeness (QED) is 0.620. The van der Waals surface area contributed by atoms with Crippen molar-refractivity contribution >= 4 is 34.8 Å². The number of benzene rings is 2. The maximum absolute atomic E-state index is 13.4. The summed E-state index contributed by atoms with van der Waals surface area (Å²) >= 11 is 6.26. The van der Waals surface area contributed by atoms with Gasteiger partial charge in [0.25, 0.3) is 5.91 Å². The van der Waals surface area contributed by atoms with Crippen molar-refractivity contribution in [2.75, 3.05) is 9.96 Å². The molecule has 6 nitrogen and oxygen atoms in total. The highest BCUT2D eigenvalue weighted by Crippen LogP contribution is 2.48. The molecule has 0 aliphatic carbocycles. The topological polar surface area (TPSA) is 62.7 Å². The Morgan fingerprint density at radius 2 is 1.55 bits per heavy atom. The highest BCUT2D eigenvalue weighted by atomic mass is 35.5. The van der Waals surface area contributed by atoms with Gasteiger partial charge in [-0.1, -0.05) is 41.9 Å². The fraction of sp³-hybridized carbons (Fsp3) is 0.136. The Hall–Kier alpha value is -3.22. The Bertz CT molecular complexity index is 1080. The maximum atomic E-state index is 13.4. The Balaban J connectivity index is 1.60. The first kappa shape index (κ1) is 17.8. The van der Waals surface area contributed by atoms with Crippen LogP contribution in [0.1, 0.15) is 11.6 Å². The Labute approximate surface area is 172 Å². The van der Waals surface area contributed by atoms with Crippen molar-refractivity contribution in [3.05, 3.63) is 89.7 Å². The smallest absolute Gasteiger partial charge is 0.266 e. The molecule has 7 heteroatoms. The van der Waals surface area contributed by atoms with Gasteiger partial charge < -0.3 is 0 Å². The summed E-state index contributed by atoms with van der Waals surface area (Å²) in [7, 11) is 0. The lowest BCUT2D eigenvalue weighted by atomic mass is 9.91. The van der Waals surface area contributed by atoms with Crippen molar-refractivity contribution in [1.29, 1.82) is 0 Å². The molecule has 2 aromatic carbocycles. The normalized spacial score (nSPS) is 23.6. The molecule has 5 rings (SSSR count). The minimum absolute atomic E-state index is 0.326. The minimum Gasteiger partial charge on any atom is -0.273 e. The molecular weight excluding hydrogens is 390 g/mol. The molecule has 0 spiro atoms. The standard InChI is InChI=1S/C22H16ClN3O3/c23-16-8-4-5-9-17(16)25-21(27)18-19(14-10-12-24-13-11-14)26(29-20(18)22(25)28)15-6-2-1-3-7-15/h1-13,18-20H/t18-,19-,20+/m0/s1. The van der Waals surface area contributed by atoms with E-state index in [1.807, 2.05) is 42.5 Å². The van der Waals surface area contributed by atoms with Gasteiger partial charge in [0.15, 0.2) is 6.10 Å². The summed E-state index contributed by atoms with van der Waals surface area (Å²) in [5, 5.41) is 2.00. The minimum atomic E-state index is -0.919. The molecule has 2 saturated heterocycles. The predicted molar refractivity (Wildman–Crippen MR) is 108 cm³/mol. The number of aromatic nitrogens is 1. The van der Waals surface area contributed by atoms with Gasteiger partial charge in [0.05, 0.1) is 22.4 Å². The largest absolute Gasteiger partial charge is 0.273 e. The van der Waals surface area contributed by atoms with Crippen LogP contribution < -0.4 is 9.96 Å². The summed E-state index contributed by atoms with van der Waals surface area (Å²) in [5.41, 5.74) is 1.99. The molecule has 2 aliphatic rings. The van der Waals surface area contributed by atoms with Crippen LogP contribution in [0.2, 0.25) is 5.02 Å². The second kappa shape index (κ2) is 6.99. The maximum Gasteiger partial charge on any atom is 0.266 e. The molecule has 29 heavy (non-hydrogen) atoms. The summed E-state index contributed by atoms with van der Waals surface area (Å²) in [5.74, 6) is -1.43. The number of imide groups is 1. The van der Waals surface area contributed by atoms with Gasteiger partial charge in [0.2, 0.25) is 5.91 Å². The Morgan fingerprint density at radius 1 is 0.862 bits per heavy atom. The van der Waals surface area contributed by atoms with Crippen molar-refractivity contribution in [1.82, 2.24) is 4.98 Å². The fourth-order valence-corrected chi connectivity index (χ4v) is 4.20. The first-order valence-electron chi connectivity index (χ1n) is 9.20. The van der Waals surface area contributed by atoms with Crippen LogP contribution in [0.3, 0.4) is 0 Å². The Kier molecular flexibility index (Phi) is 4.30. The van der Waals surface area contributed by atoms with Crippen molar-refractivity contribution in [2.45, 2.75) is 12.1 Å². The number of carbonyl (C=O) groups is 2. The number of hydrogen-bond donors (Lipinski definition) is 0. The number of amides is 2. The van der Waals surface area contributed by atoms with Gasteiger partial charge in [0, 0.05) is 12.4 Å². The fourth-order valence-electron chi connectivity index (χ4n) is 3.98. The number of pyridine rings is 1. The van der Waals surface area contributed by atoms with Gasteiger partial charge in [-0.2, -0.15) is 0 Å². The second-order valence-electron chi connectivity index (χ2n) is 6.90. The lowest BCUT2D eigenvalue weighted by Crippen LogP contribution is -2.37. The van der Waals surface area contributed by atoms with Gasteiger partial charge >= 0.3 is 0 Å². The molecule has 2 amide bonds. The van der Waals surface area contributed by atoms with Crippen molar-refractivity contribution in [3.63, 3.8) is 0 Å². The molecular formula is C22H16ClN3O3. The number of nitrogens with zero attached hydrogens (tertiary/aromatic N) is 3. The lowest BCUT2D eigenvalue weighted by Gasteiger charge is -2.28. The van der Waals surface area contributed by atoms with Crippen LogP contribution in [0.25, 0.3) is 0 Å². The van der Waals surface area contributed by atoms with Gasteiger partial charge in [0.1, 0.15) is 5.92 Å². The second-order valence-corrected chi connectivity index (χ2v) is 7.31. The van der Waals surface area contributed by atoms with E-state index >= 15 is 0 Å². The zero-order chi connectivity index (χ0) is 20.0. The Morgan fingerprint density at radius 3 is 2.28 bits per heavy atom. The highest BCUT2D eigenvalue weighted by Gasteiger charge is 2.60. The molecule has 3 atom stereocenters. The van der Waals surface area contributed by atoms with Crippen molar-refractivity contribution in [2.24, 2.45) is 5.92 Å². The average Bonchev–Trinajstić information content (AvgIpc) is 3.26. The third-order valence-corrected chi connectivity index (χ3v) is 5.59. The third kappa shape index (κ3) is 2.80. The molecule has 2 fully saturated rings. The number of hydroxylamine groups is 1. The molecule has 3 heterocycles. The zero-order valence-corrected chi connectivity index (χ0v) is 15.9.